The lowest BCUT2D eigenvalue weighted by atomic mass is 10.0. The van der Waals surface area contributed by atoms with Crippen LogP contribution in [0.5, 0.6) is 5.75 Å². The molecule has 5 nitrogen and oxygen atoms in total. The number of nitrogens with zero attached hydrogens (tertiary/aromatic N) is 2. The van der Waals surface area contributed by atoms with Crippen molar-refractivity contribution in [3.05, 3.63) is 29.5 Å². The molecular formula is C18H24N2O3. The maximum atomic E-state index is 12.4. The van der Waals surface area contributed by atoms with E-state index in [1.807, 2.05) is 32.9 Å². The van der Waals surface area contributed by atoms with Crippen molar-refractivity contribution in [2.75, 3.05) is 13.7 Å². The first-order valence-corrected chi connectivity index (χ1v) is 7.92. The first kappa shape index (κ1) is 15.7. The van der Waals surface area contributed by atoms with E-state index in [9.17, 15) is 4.79 Å². The summed E-state index contributed by atoms with van der Waals surface area (Å²) < 4.78 is 13.1. The summed E-state index contributed by atoms with van der Waals surface area (Å²) >= 11 is 0. The highest BCUT2D eigenvalue weighted by Gasteiger charge is 2.28. The van der Waals surface area contributed by atoms with Crippen molar-refractivity contribution >= 4 is 17.0 Å². The fraction of sp³-hybridized carbons (Fsp3) is 0.500. The zero-order valence-electron chi connectivity index (χ0n) is 14.5. The van der Waals surface area contributed by atoms with Gasteiger partial charge in [0, 0.05) is 42.2 Å². The molecule has 23 heavy (non-hydrogen) atoms. The second-order valence-corrected chi connectivity index (χ2v) is 7.02. The summed E-state index contributed by atoms with van der Waals surface area (Å²) in [6.45, 7) is 6.94. The van der Waals surface area contributed by atoms with E-state index < -0.39 is 5.60 Å². The molecule has 124 valence electrons. The van der Waals surface area contributed by atoms with Crippen LogP contribution in [-0.4, -0.2) is 34.8 Å². The van der Waals surface area contributed by atoms with E-state index >= 15 is 0 Å². The number of benzene rings is 1. The van der Waals surface area contributed by atoms with Gasteiger partial charge in [-0.2, -0.15) is 0 Å². The number of fused-ring (bicyclic) bond motifs is 3. The Morgan fingerprint density at radius 1 is 1.26 bits per heavy atom. The number of ether oxygens (including phenoxy) is 2. The van der Waals surface area contributed by atoms with Crippen LogP contribution in [0.15, 0.2) is 18.2 Å². The Labute approximate surface area is 136 Å². The monoisotopic (exact) mass is 316 g/mol. The summed E-state index contributed by atoms with van der Waals surface area (Å²) in [5, 5.41) is 1.15. The zero-order valence-corrected chi connectivity index (χ0v) is 14.5. The summed E-state index contributed by atoms with van der Waals surface area (Å²) in [5.74, 6) is 0.834. The Bertz CT molecular complexity index is 756. The van der Waals surface area contributed by atoms with Crippen molar-refractivity contribution in [3.63, 3.8) is 0 Å². The van der Waals surface area contributed by atoms with Crippen LogP contribution in [0.2, 0.25) is 0 Å². The van der Waals surface area contributed by atoms with Crippen LogP contribution in [-0.2, 0) is 24.8 Å². The van der Waals surface area contributed by atoms with Crippen LogP contribution in [0.4, 0.5) is 4.79 Å². The van der Waals surface area contributed by atoms with Crippen molar-refractivity contribution < 1.29 is 14.3 Å². The van der Waals surface area contributed by atoms with Gasteiger partial charge in [-0.15, -0.1) is 0 Å². The van der Waals surface area contributed by atoms with E-state index in [2.05, 4.69) is 17.7 Å². The van der Waals surface area contributed by atoms with Gasteiger partial charge in [-0.3, -0.25) is 0 Å². The highest BCUT2D eigenvalue weighted by atomic mass is 16.6. The molecule has 0 saturated carbocycles. The fourth-order valence-corrected chi connectivity index (χ4v) is 3.17. The Hall–Kier alpha value is -2.17. The highest BCUT2D eigenvalue weighted by Crippen LogP contribution is 2.33. The van der Waals surface area contributed by atoms with Gasteiger partial charge in [0.15, 0.2) is 0 Å². The fourth-order valence-electron chi connectivity index (χ4n) is 3.17. The molecule has 0 saturated heterocycles. The van der Waals surface area contributed by atoms with Crippen molar-refractivity contribution in [1.82, 2.24) is 9.47 Å². The highest BCUT2D eigenvalue weighted by molar-refractivity contribution is 5.87. The number of hydrogen-bond donors (Lipinski definition) is 0. The smallest absolute Gasteiger partial charge is 0.410 e. The molecule has 3 rings (SSSR count). The number of aryl methyl sites for hydroxylation is 1. The summed E-state index contributed by atoms with van der Waals surface area (Å²) in [6, 6.07) is 6.09. The maximum Gasteiger partial charge on any atom is 0.410 e. The second-order valence-electron chi connectivity index (χ2n) is 7.02. The molecule has 1 aliphatic heterocycles. The lowest BCUT2D eigenvalue weighted by molar-refractivity contribution is 0.0223. The van der Waals surface area contributed by atoms with E-state index in [0.717, 1.165) is 17.6 Å². The molecule has 1 aliphatic rings. The van der Waals surface area contributed by atoms with Crippen LogP contribution < -0.4 is 4.74 Å². The number of rotatable bonds is 1. The van der Waals surface area contributed by atoms with Crippen LogP contribution in [0.1, 0.15) is 32.0 Å². The normalized spacial score (nSPS) is 14.7. The lowest BCUT2D eigenvalue weighted by Gasteiger charge is -2.30. The Morgan fingerprint density at radius 2 is 2.00 bits per heavy atom. The third-order valence-electron chi connectivity index (χ3n) is 4.26. The number of hydrogen-bond acceptors (Lipinski definition) is 3. The van der Waals surface area contributed by atoms with E-state index in [0.29, 0.717) is 13.1 Å². The molecule has 0 spiro atoms. The number of aromatic nitrogens is 1. The van der Waals surface area contributed by atoms with Crippen molar-refractivity contribution in [3.8, 4) is 5.75 Å². The molecule has 5 heteroatoms. The largest absolute Gasteiger partial charge is 0.497 e. The molecule has 1 amide bonds. The van der Waals surface area contributed by atoms with Gasteiger partial charge in [-0.05, 0) is 39.0 Å². The molecule has 1 aromatic heterocycles. The zero-order chi connectivity index (χ0) is 16.8. The van der Waals surface area contributed by atoms with Gasteiger partial charge in [-0.1, -0.05) is 0 Å². The van der Waals surface area contributed by atoms with Gasteiger partial charge >= 0.3 is 6.09 Å². The van der Waals surface area contributed by atoms with E-state index in [1.165, 1.54) is 16.8 Å². The average Bonchev–Trinajstić information content (AvgIpc) is 2.78. The quantitative estimate of drug-likeness (QED) is 0.809. The van der Waals surface area contributed by atoms with Crippen LogP contribution >= 0.6 is 0 Å². The predicted molar refractivity (Wildman–Crippen MR) is 89.8 cm³/mol. The molecule has 0 N–H and O–H groups in total. The molecule has 0 atom stereocenters. The minimum atomic E-state index is -0.473. The molecule has 0 bridgehead atoms. The van der Waals surface area contributed by atoms with Crippen molar-refractivity contribution in [2.24, 2.45) is 7.05 Å². The first-order chi connectivity index (χ1) is 10.8. The van der Waals surface area contributed by atoms with Gasteiger partial charge < -0.3 is 18.9 Å². The molecule has 1 aromatic carbocycles. The van der Waals surface area contributed by atoms with Gasteiger partial charge in [-0.25, -0.2) is 4.79 Å². The lowest BCUT2D eigenvalue weighted by Crippen LogP contribution is -2.40. The molecule has 2 aromatic rings. The van der Waals surface area contributed by atoms with E-state index in [4.69, 9.17) is 9.47 Å². The summed E-state index contributed by atoms with van der Waals surface area (Å²) in [6.07, 6.45) is 0.588. The summed E-state index contributed by atoms with van der Waals surface area (Å²) in [4.78, 5) is 14.1. The van der Waals surface area contributed by atoms with Crippen molar-refractivity contribution in [2.45, 2.75) is 39.3 Å². The van der Waals surface area contributed by atoms with Crippen molar-refractivity contribution in [1.29, 1.82) is 0 Å². The standard InChI is InChI=1S/C18H24N2O3/c1-18(2,3)23-17(21)20-9-8-16-14(11-20)13-10-12(22-5)6-7-15(13)19(16)4/h6-7,10H,8-9,11H2,1-5H3. The number of carbonyl (C=O) groups excluding carboxylic acids is 1. The SMILES string of the molecule is COc1ccc2c(c1)c1c(n2C)CCN(C(=O)OC(C)(C)C)C1. The Kier molecular flexibility index (Phi) is 3.74. The van der Waals surface area contributed by atoms with E-state index in [1.54, 1.807) is 12.0 Å². The molecule has 0 fully saturated rings. The second kappa shape index (κ2) is 5.48. The van der Waals surface area contributed by atoms with Gasteiger partial charge in [0.1, 0.15) is 11.4 Å². The minimum Gasteiger partial charge on any atom is -0.497 e. The molecular weight excluding hydrogens is 292 g/mol. The van der Waals surface area contributed by atoms with Gasteiger partial charge in [0.2, 0.25) is 0 Å². The van der Waals surface area contributed by atoms with Crippen LogP contribution in [0.3, 0.4) is 0 Å². The topological polar surface area (TPSA) is 43.7 Å². The van der Waals surface area contributed by atoms with E-state index in [-0.39, 0.29) is 6.09 Å². The average molecular weight is 316 g/mol. The molecule has 0 unspecified atom stereocenters. The maximum absolute atomic E-state index is 12.4. The summed E-state index contributed by atoms with van der Waals surface area (Å²) in [5.41, 5.74) is 3.17. The van der Waals surface area contributed by atoms with Crippen LogP contribution in [0, 0.1) is 0 Å². The first-order valence-electron chi connectivity index (χ1n) is 7.92. The number of amides is 1. The third kappa shape index (κ3) is 2.87. The summed E-state index contributed by atoms with van der Waals surface area (Å²) in [7, 11) is 3.75. The Balaban J connectivity index is 1.96. The minimum absolute atomic E-state index is 0.247. The molecule has 2 heterocycles. The van der Waals surface area contributed by atoms with Gasteiger partial charge in [0.25, 0.3) is 0 Å². The Morgan fingerprint density at radius 3 is 2.65 bits per heavy atom. The predicted octanol–water partition coefficient (Wildman–Crippen LogP) is 3.48. The molecule has 0 aliphatic carbocycles. The van der Waals surface area contributed by atoms with Gasteiger partial charge in [0.05, 0.1) is 13.7 Å². The number of methoxy groups -OCH3 is 1. The number of carbonyl (C=O) groups is 1. The van der Waals surface area contributed by atoms with Crippen LogP contribution in [0.25, 0.3) is 10.9 Å². The third-order valence-corrected chi connectivity index (χ3v) is 4.26. The molecule has 0 radical (unpaired) electrons.